The lowest BCUT2D eigenvalue weighted by molar-refractivity contribution is -0.135. The first-order valence-electron chi connectivity index (χ1n) is 9.46. The number of methoxy groups -OCH3 is 1. The molecule has 2 fully saturated rings. The number of nitrogens with two attached hydrogens (primary N) is 1. The van der Waals surface area contributed by atoms with Gasteiger partial charge in [-0.25, -0.2) is 0 Å². The molecule has 1 aromatic carbocycles. The molecule has 2 heterocycles. The van der Waals surface area contributed by atoms with Crippen molar-refractivity contribution in [3.63, 3.8) is 0 Å². The Balaban J connectivity index is 1.53. The number of piperidine rings is 1. The molecule has 0 bridgehead atoms. The molecule has 2 aliphatic rings. The topological polar surface area (TPSA) is 88.4 Å². The Morgan fingerprint density at radius 2 is 1.96 bits per heavy atom. The number of aromatic nitrogens is 1. The Hall–Kier alpha value is -2.76. The van der Waals surface area contributed by atoms with E-state index in [0.29, 0.717) is 12.1 Å². The Morgan fingerprint density at radius 3 is 2.59 bits per heavy atom. The maximum absolute atomic E-state index is 13.4. The van der Waals surface area contributed by atoms with Gasteiger partial charge in [0.2, 0.25) is 5.91 Å². The summed E-state index contributed by atoms with van der Waals surface area (Å²) in [6, 6.07) is 9.56. The number of nitrogens with one attached hydrogen (secondary N) is 1. The number of hydrogen-bond acceptors (Lipinski definition) is 3. The number of primary amides is 1. The molecule has 1 aliphatic carbocycles. The first kappa shape index (κ1) is 17.6. The first-order valence-corrected chi connectivity index (χ1v) is 9.46. The molecule has 1 saturated heterocycles. The number of carbonyl (C=O) groups excluding carboxylic acids is 2. The monoisotopic (exact) mass is 367 g/mol. The van der Waals surface area contributed by atoms with Crippen LogP contribution in [0.15, 0.2) is 36.5 Å². The van der Waals surface area contributed by atoms with Crippen LogP contribution in [0.25, 0.3) is 0 Å². The number of benzene rings is 1. The van der Waals surface area contributed by atoms with E-state index in [4.69, 9.17) is 10.5 Å². The van der Waals surface area contributed by atoms with Crippen molar-refractivity contribution >= 4 is 11.8 Å². The van der Waals surface area contributed by atoms with Crippen molar-refractivity contribution in [2.45, 2.75) is 37.0 Å². The van der Waals surface area contributed by atoms with E-state index in [9.17, 15) is 9.59 Å². The fraction of sp³-hybridized carbons (Fsp3) is 0.429. The van der Waals surface area contributed by atoms with Gasteiger partial charge in [-0.3, -0.25) is 9.59 Å². The molecule has 27 heavy (non-hydrogen) atoms. The van der Waals surface area contributed by atoms with Crippen LogP contribution in [0.2, 0.25) is 0 Å². The summed E-state index contributed by atoms with van der Waals surface area (Å²) < 4.78 is 5.23. The summed E-state index contributed by atoms with van der Waals surface area (Å²) >= 11 is 0. The van der Waals surface area contributed by atoms with Gasteiger partial charge in [-0.2, -0.15) is 0 Å². The molecular formula is C21H25N3O3. The van der Waals surface area contributed by atoms with Gasteiger partial charge in [0.15, 0.2) is 0 Å². The normalized spacial score (nSPS) is 20.9. The number of carbonyl (C=O) groups is 2. The maximum atomic E-state index is 13.4. The van der Waals surface area contributed by atoms with Gasteiger partial charge < -0.3 is 20.4 Å². The summed E-state index contributed by atoms with van der Waals surface area (Å²) in [6.45, 7) is 1.39. The van der Waals surface area contributed by atoms with Crippen LogP contribution in [0.3, 0.4) is 0 Å². The van der Waals surface area contributed by atoms with Gasteiger partial charge in [-0.1, -0.05) is 12.1 Å². The molecule has 1 atom stereocenters. The van der Waals surface area contributed by atoms with E-state index in [2.05, 4.69) is 4.98 Å². The molecule has 6 heteroatoms. The largest absolute Gasteiger partial charge is 0.497 e. The van der Waals surface area contributed by atoms with Crippen LogP contribution in [0.5, 0.6) is 5.75 Å². The Kier molecular flexibility index (Phi) is 4.42. The third-order valence-electron chi connectivity index (χ3n) is 5.96. The molecule has 6 nitrogen and oxygen atoms in total. The quantitative estimate of drug-likeness (QED) is 0.851. The standard InChI is InChI=1S/C21H25N3O3/c1-27-16-6-4-15(5-7-16)21(9-10-21)20(26)24-12-2-3-14(13-24)18-17(19(22)25)8-11-23-18/h4-8,11,14,23H,2-3,9-10,12-13H2,1H3,(H2,22,25). The van der Waals surface area contributed by atoms with Gasteiger partial charge >= 0.3 is 0 Å². The van der Waals surface area contributed by atoms with Gasteiger partial charge in [0.25, 0.3) is 5.91 Å². The number of ether oxygens (including phenoxy) is 1. The third kappa shape index (κ3) is 3.09. The number of amides is 2. The van der Waals surface area contributed by atoms with Gasteiger partial charge in [0.1, 0.15) is 5.75 Å². The van der Waals surface area contributed by atoms with E-state index in [-0.39, 0.29) is 11.8 Å². The van der Waals surface area contributed by atoms with Crippen molar-refractivity contribution < 1.29 is 14.3 Å². The molecular weight excluding hydrogens is 342 g/mol. The molecule has 2 amide bonds. The summed E-state index contributed by atoms with van der Waals surface area (Å²) in [4.78, 5) is 30.2. The third-order valence-corrected chi connectivity index (χ3v) is 5.96. The lowest BCUT2D eigenvalue weighted by Gasteiger charge is -2.35. The zero-order chi connectivity index (χ0) is 19.0. The van der Waals surface area contributed by atoms with Crippen LogP contribution in [0, 0.1) is 0 Å². The van der Waals surface area contributed by atoms with Crippen LogP contribution in [0.4, 0.5) is 0 Å². The highest BCUT2D eigenvalue weighted by atomic mass is 16.5. The lowest BCUT2D eigenvalue weighted by atomic mass is 9.89. The first-order chi connectivity index (χ1) is 13.0. The summed E-state index contributed by atoms with van der Waals surface area (Å²) in [5.74, 6) is 0.689. The van der Waals surface area contributed by atoms with Crippen LogP contribution >= 0.6 is 0 Å². The summed E-state index contributed by atoms with van der Waals surface area (Å²) in [5.41, 5.74) is 7.55. The van der Waals surface area contributed by atoms with Crippen molar-refractivity contribution in [2.24, 2.45) is 5.73 Å². The number of aromatic amines is 1. The van der Waals surface area contributed by atoms with Crippen molar-refractivity contribution in [3.8, 4) is 5.75 Å². The predicted molar refractivity (Wildman–Crippen MR) is 102 cm³/mol. The minimum atomic E-state index is -0.424. The molecule has 1 unspecified atom stereocenters. The lowest BCUT2D eigenvalue weighted by Crippen LogP contribution is -2.44. The smallest absolute Gasteiger partial charge is 0.250 e. The minimum absolute atomic E-state index is 0.117. The summed E-state index contributed by atoms with van der Waals surface area (Å²) in [5, 5.41) is 0. The second kappa shape index (κ2) is 6.76. The fourth-order valence-corrected chi connectivity index (χ4v) is 4.30. The molecule has 1 aromatic heterocycles. The van der Waals surface area contributed by atoms with Crippen LogP contribution in [-0.2, 0) is 10.2 Å². The van der Waals surface area contributed by atoms with Crippen LogP contribution < -0.4 is 10.5 Å². The van der Waals surface area contributed by atoms with Gasteiger partial charge in [-0.05, 0) is 49.4 Å². The zero-order valence-electron chi connectivity index (χ0n) is 15.5. The van der Waals surface area contributed by atoms with Crippen molar-refractivity contribution in [2.75, 3.05) is 20.2 Å². The van der Waals surface area contributed by atoms with E-state index < -0.39 is 11.3 Å². The number of likely N-dealkylation sites (tertiary alicyclic amines) is 1. The second-order valence-corrected chi connectivity index (χ2v) is 7.57. The van der Waals surface area contributed by atoms with E-state index >= 15 is 0 Å². The van der Waals surface area contributed by atoms with Crippen molar-refractivity contribution in [1.82, 2.24) is 9.88 Å². The molecule has 3 N–H and O–H groups in total. The molecule has 2 aromatic rings. The number of H-pyrrole nitrogens is 1. The van der Waals surface area contributed by atoms with E-state index in [1.807, 2.05) is 29.2 Å². The average Bonchev–Trinajstić information content (AvgIpc) is 3.36. The van der Waals surface area contributed by atoms with Gasteiger partial charge in [-0.15, -0.1) is 0 Å². The van der Waals surface area contributed by atoms with E-state index in [1.165, 1.54) is 0 Å². The SMILES string of the molecule is COc1ccc(C2(C(=O)N3CCCC(c4[nH]ccc4C(N)=O)C3)CC2)cc1. The molecule has 0 radical (unpaired) electrons. The number of nitrogens with zero attached hydrogens (tertiary/aromatic N) is 1. The highest BCUT2D eigenvalue weighted by Crippen LogP contribution is 2.50. The fourth-order valence-electron chi connectivity index (χ4n) is 4.30. The molecule has 4 rings (SSSR count). The Morgan fingerprint density at radius 1 is 1.22 bits per heavy atom. The van der Waals surface area contributed by atoms with Gasteiger partial charge in [0.05, 0.1) is 18.1 Å². The average molecular weight is 367 g/mol. The number of rotatable bonds is 5. The highest BCUT2D eigenvalue weighted by molar-refractivity contribution is 5.94. The molecule has 1 saturated carbocycles. The molecule has 142 valence electrons. The van der Waals surface area contributed by atoms with Crippen LogP contribution in [0.1, 0.15) is 53.2 Å². The zero-order valence-corrected chi connectivity index (χ0v) is 15.5. The maximum Gasteiger partial charge on any atom is 0.250 e. The van der Waals surface area contributed by atoms with E-state index in [0.717, 1.165) is 49.2 Å². The van der Waals surface area contributed by atoms with E-state index in [1.54, 1.807) is 19.4 Å². The van der Waals surface area contributed by atoms with Crippen molar-refractivity contribution in [3.05, 3.63) is 53.3 Å². The van der Waals surface area contributed by atoms with Gasteiger partial charge in [0, 0.05) is 30.9 Å². The van der Waals surface area contributed by atoms with Crippen molar-refractivity contribution in [1.29, 1.82) is 0 Å². The summed E-state index contributed by atoms with van der Waals surface area (Å²) in [7, 11) is 1.64. The molecule has 1 aliphatic heterocycles. The predicted octanol–water partition coefficient (Wildman–Crippen LogP) is 2.56. The summed E-state index contributed by atoms with van der Waals surface area (Å²) in [6.07, 6.45) is 5.38. The number of hydrogen-bond donors (Lipinski definition) is 2. The Bertz CT molecular complexity index is 852. The highest BCUT2D eigenvalue weighted by Gasteiger charge is 2.53. The second-order valence-electron chi connectivity index (χ2n) is 7.57. The van der Waals surface area contributed by atoms with Crippen LogP contribution in [-0.4, -0.2) is 41.9 Å². The minimum Gasteiger partial charge on any atom is -0.497 e. The molecule has 0 spiro atoms. The Labute approximate surface area is 158 Å².